The van der Waals surface area contributed by atoms with Gasteiger partial charge in [-0.15, -0.1) is 10.2 Å². The zero-order chi connectivity index (χ0) is 17.2. The highest BCUT2D eigenvalue weighted by Crippen LogP contribution is 2.33. The SMILES string of the molecule is Cc1onc(-c2ccccc2)c1-c1nnc(CN2CCNC(=O)C2)o1. The first kappa shape index (κ1) is 15.5. The standard InChI is InChI=1S/C17H17N5O3/c1-11-15(16(21-25-11)12-5-3-2-4-6-12)17-20-19-14(24-17)10-22-8-7-18-13(23)9-22/h2-6H,7-10H2,1H3,(H,18,23). The molecule has 8 heteroatoms. The minimum absolute atomic E-state index is 0.00670. The van der Waals surface area contributed by atoms with Crippen LogP contribution in [0.1, 0.15) is 11.7 Å². The fraction of sp³-hybridized carbons (Fsp3) is 0.294. The second-order valence-corrected chi connectivity index (χ2v) is 5.89. The van der Waals surface area contributed by atoms with Crippen molar-refractivity contribution in [1.29, 1.82) is 0 Å². The third-order valence-electron chi connectivity index (χ3n) is 4.07. The van der Waals surface area contributed by atoms with Gasteiger partial charge in [-0.2, -0.15) is 0 Å². The largest absolute Gasteiger partial charge is 0.419 e. The van der Waals surface area contributed by atoms with Crippen LogP contribution in [0.5, 0.6) is 0 Å². The molecule has 3 heterocycles. The normalized spacial score (nSPS) is 15.3. The molecule has 1 aromatic carbocycles. The van der Waals surface area contributed by atoms with E-state index in [0.29, 0.717) is 48.4 Å². The predicted molar refractivity (Wildman–Crippen MR) is 88.3 cm³/mol. The Balaban J connectivity index is 1.60. The van der Waals surface area contributed by atoms with Gasteiger partial charge in [-0.05, 0) is 6.92 Å². The molecule has 0 aliphatic carbocycles. The summed E-state index contributed by atoms with van der Waals surface area (Å²) in [5.41, 5.74) is 2.29. The number of aromatic nitrogens is 3. The summed E-state index contributed by atoms with van der Waals surface area (Å²) >= 11 is 0. The van der Waals surface area contributed by atoms with Crippen molar-refractivity contribution in [1.82, 2.24) is 25.6 Å². The van der Waals surface area contributed by atoms with E-state index in [1.165, 1.54) is 0 Å². The number of aryl methyl sites for hydroxylation is 1. The summed E-state index contributed by atoms with van der Waals surface area (Å²) < 4.78 is 11.2. The fourth-order valence-electron chi connectivity index (χ4n) is 2.85. The molecule has 3 aromatic rings. The molecular formula is C17H17N5O3. The summed E-state index contributed by atoms with van der Waals surface area (Å²) in [5, 5.41) is 15.2. The van der Waals surface area contributed by atoms with Gasteiger partial charge in [0, 0.05) is 18.7 Å². The third kappa shape index (κ3) is 3.16. The lowest BCUT2D eigenvalue weighted by atomic mass is 10.1. The minimum Gasteiger partial charge on any atom is -0.419 e. The number of carbonyl (C=O) groups excluding carboxylic acids is 1. The van der Waals surface area contributed by atoms with Crippen molar-refractivity contribution < 1.29 is 13.7 Å². The maximum Gasteiger partial charge on any atom is 0.253 e. The summed E-state index contributed by atoms with van der Waals surface area (Å²) in [5.74, 6) is 1.46. The number of piperazine rings is 1. The highest BCUT2D eigenvalue weighted by Gasteiger charge is 2.23. The van der Waals surface area contributed by atoms with Crippen LogP contribution in [0, 0.1) is 6.92 Å². The van der Waals surface area contributed by atoms with E-state index in [0.717, 1.165) is 12.1 Å². The fourth-order valence-corrected chi connectivity index (χ4v) is 2.85. The number of amides is 1. The molecule has 0 atom stereocenters. The van der Waals surface area contributed by atoms with Gasteiger partial charge in [-0.3, -0.25) is 9.69 Å². The molecule has 0 unspecified atom stereocenters. The maximum absolute atomic E-state index is 11.5. The van der Waals surface area contributed by atoms with E-state index in [9.17, 15) is 4.79 Å². The molecule has 1 fully saturated rings. The quantitative estimate of drug-likeness (QED) is 0.771. The van der Waals surface area contributed by atoms with Crippen molar-refractivity contribution in [2.45, 2.75) is 13.5 Å². The van der Waals surface area contributed by atoms with Gasteiger partial charge in [0.05, 0.1) is 13.1 Å². The molecule has 8 nitrogen and oxygen atoms in total. The van der Waals surface area contributed by atoms with E-state index < -0.39 is 0 Å². The molecule has 1 aliphatic heterocycles. The monoisotopic (exact) mass is 339 g/mol. The van der Waals surface area contributed by atoms with E-state index in [-0.39, 0.29) is 5.91 Å². The zero-order valence-corrected chi connectivity index (χ0v) is 13.7. The van der Waals surface area contributed by atoms with Crippen molar-refractivity contribution in [2.75, 3.05) is 19.6 Å². The van der Waals surface area contributed by atoms with Gasteiger partial charge in [0.15, 0.2) is 0 Å². The van der Waals surface area contributed by atoms with Gasteiger partial charge in [-0.1, -0.05) is 35.5 Å². The molecule has 2 aromatic heterocycles. The summed E-state index contributed by atoms with van der Waals surface area (Å²) in [6.07, 6.45) is 0. The average molecular weight is 339 g/mol. The molecule has 1 saturated heterocycles. The molecule has 128 valence electrons. The second kappa shape index (κ2) is 6.48. The van der Waals surface area contributed by atoms with Gasteiger partial charge in [0.25, 0.3) is 5.89 Å². The number of hydrogen-bond donors (Lipinski definition) is 1. The topological polar surface area (TPSA) is 97.3 Å². The minimum atomic E-state index is 0.00670. The second-order valence-electron chi connectivity index (χ2n) is 5.89. The first-order chi connectivity index (χ1) is 12.2. The Hall–Kier alpha value is -3.00. The first-order valence-corrected chi connectivity index (χ1v) is 8.04. The van der Waals surface area contributed by atoms with E-state index >= 15 is 0 Å². The molecule has 1 amide bonds. The first-order valence-electron chi connectivity index (χ1n) is 8.04. The van der Waals surface area contributed by atoms with E-state index in [4.69, 9.17) is 8.94 Å². The van der Waals surface area contributed by atoms with Crippen LogP contribution < -0.4 is 5.32 Å². The van der Waals surface area contributed by atoms with Crippen LogP contribution in [0.4, 0.5) is 0 Å². The Morgan fingerprint density at radius 3 is 2.88 bits per heavy atom. The molecule has 0 radical (unpaired) electrons. The highest BCUT2D eigenvalue weighted by molar-refractivity contribution is 5.79. The van der Waals surface area contributed by atoms with Crippen molar-refractivity contribution in [3.63, 3.8) is 0 Å². The van der Waals surface area contributed by atoms with Gasteiger partial charge in [0.1, 0.15) is 17.0 Å². The Bertz CT molecular complexity index is 887. The van der Waals surface area contributed by atoms with Gasteiger partial charge in [-0.25, -0.2) is 0 Å². The molecule has 0 bridgehead atoms. The Morgan fingerprint density at radius 1 is 1.24 bits per heavy atom. The predicted octanol–water partition coefficient (Wildman–Crippen LogP) is 1.63. The summed E-state index contributed by atoms with van der Waals surface area (Å²) in [7, 11) is 0. The Labute approximate surface area is 143 Å². The maximum atomic E-state index is 11.5. The smallest absolute Gasteiger partial charge is 0.253 e. The van der Waals surface area contributed by atoms with E-state index in [2.05, 4.69) is 20.7 Å². The zero-order valence-electron chi connectivity index (χ0n) is 13.7. The number of hydrogen-bond acceptors (Lipinski definition) is 7. The van der Waals surface area contributed by atoms with Crippen LogP contribution in [0.15, 0.2) is 39.3 Å². The Kier molecular flexibility index (Phi) is 4.02. The van der Waals surface area contributed by atoms with Crippen molar-refractivity contribution in [3.8, 4) is 22.7 Å². The van der Waals surface area contributed by atoms with E-state index in [1.54, 1.807) is 0 Å². The van der Waals surface area contributed by atoms with Gasteiger partial charge >= 0.3 is 0 Å². The van der Waals surface area contributed by atoms with Crippen molar-refractivity contribution >= 4 is 5.91 Å². The number of rotatable bonds is 4. The van der Waals surface area contributed by atoms with Crippen LogP contribution in [0.3, 0.4) is 0 Å². The third-order valence-corrected chi connectivity index (χ3v) is 4.07. The molecule has 1 aliphatic rings. The Morgan fingerprint density at radius 2 is 2.08 bits per heavy atom. The van der Waals surface area contributed by atoms with Crippen LogP contribution in [-0.2, 0) is 11.3 Å². The van der Waals surface area contributed by atoms with Crippen molar-refractivity contribution in [2.24, 2.45) is 0 Å². The number of nitrogens with one attached hydrogen (secondary N) is 1. The number of benzene rings is 1. The van der Waals surface area contributed by atoms with Crippen LogP contribution in [0.2, 0.25) is 0 Å². The lowest BCUT2D eigenvalue weighted by Crippen LogP contribution is -2.47. The number of carbonyl (C=O) groups is 1. The van der Waals surface area contributed by atoms with Gasteiger partial charge in [0.2, 0.25) is 11.8 Å². The van der Waals surface area contributed by atoms with Crippen LogP contribution in [-0.4, -0.2) is 45.8 Å². The summed E-state index contributed by atoms with van der Waals surface area (Å²) in [6, 6.07) is 9.71. The molecule has 4 rings (SSSR count). The van der Waals surface area contributed by atoms with Crippen LogP contribution in [0.25, 0.3) is 22.7 Å². The summed E-state index contributed by atoms with van der Waals surface area (Å²) in [4.78, 5) is 13.4. The lowest BCUT2D eigenvalue weighted by Gasteiger charge is -2.24. The molecule has 25 heavy (non-hydrogen) atoms. The average Bonchev–Trinajstić information content (AvgIpc) is 3.22. The van der Waals surface area contributed by atoms with E-state index in [1.807, 2.05) is 42.2 Å². The number of nitrogens with zero attached hydrogens (tertiary/aromatic N) is 4. The molecule has 1 N–H and O–H groups in total. The highest BCUT2D eigenvalue weighted by atomic mass is 16.5. The summed E-state index contributed by atoms with van der Waals surface area (Å²) in [6.45, 7) is 3.96. The molecule has 0 spiro atoms. The molecular weight excluding hydrogens is 322 g/mol. The van der Waals surface area contributed by atoms with Crippen molar-refractivity contribution in [3.05, 3.63) is 42.0 Å². The van der Waals surface area contributed by atoms with Crippen LogP contribution >= 0.6 is 0 Å². The lowest BCUT2D eigenvalue weighted by molar-refractivity contribution is -0.124. The van der Waals surface area contributed by atoms with Gasteiger partial charge < -0.3 is 14.3 Å². The molecule has 0 saturated carbocycles.